The molecule has 4 heteroatoms. The second-order valence-corrected chi connectivity index (χ2v) is 12.5. The Hall–Kier alpha value is -4.80. The molecule has 194 valence electrons. The maximum absolute atomic E-state index is 5.33. The lowest BCUT2D eigenvalue weighted by Crippen LogP contribution is -2.17. The number of hydrogen-bond donors (Lipinski definition) is 0. The van der Waals surface area contributed by atoms with Crippen LogP contribution in [-0.2, 0) is 5.41 Å². The van der Waals surface area contributed by atoms with Crippen molar-refractivity contribution in [1.29, 1.82) is 0 Å². The van der Waals surface area contributed by atoms with Gasteiger partial charge in [-0.15, -0.1) is 11.3 Å². The summed E-state index contributed by atoms with van der Waals surface area (Å²) >= 11 is 1.91. The predicted molar refractivity (Wildman–Crippen MR) is 172 cm³/mol. The third-order valence-electron chi connectivity index (χ3n) is 8.77. The zero-order chi connectivity index (χ0) is 27.3. The van der Waals surface area contributed by atoms with Crippen LogP contribution in [0.3, 0.4) is 0 Å². The van der Waals surface area contributed by atoms with Gasteiger partial charge >= 0.3 is 0 Å². The standard InChI is InChI=1S/C37H25N3S/c1-37(2)31-27(35-32(37)26-16-8-11-19-30(26)41-35)21-20-24-23-14-7-10-18-29(23)40(34(24)31)36-38-28-17-9-6-15-25(28)33(39-36)22-12-4-3-5-13-22/h3-21H,1-2H3. The Bertz CT molecular complexity index is 2340. The Kier molecular flexibility index (Phi) is 4.55. The molecule has 3 nitrogen and oxygen atoms in total. The van der Waals surface area contributed by atoms with Crippen LogP contribution in [0.15, 0.2) is 115 Å². The number of thiophene rings is 1. The quantitative estimate of drug-likeness (QED) is 0.217. The molecule has 0 atom stereocenters. The summed E-state index contributed by atoms with van der Waals surface area (Å²) < 4.78 is 3.67. The first-order valence-corrected chi connectivity index (χ1v) is 14.8. The van der Waals surface area contributed by atoms with E-state index in [-0.39, 0.29) is 5.41 Å². The Morgan fingerprint density at radius 3 is 2.17 bits per heavy atom. The molecule has 9 rings (SSSR count). The number of benzene rings is 5. The van der Waals surface area contributed by atoms with E-state index in [2.05, 4.69) is 134 Å². The topological polar surface area (TPSA) is 30.7 Å². The van der Waals surface area contributed by atoms with Gasteiger partial charge in [0.1, 0.15) is 0 Å². The highest BCUT2D eigenvalue weighted by molar-refractivity contribution is 7.22. The molecule has 5 aromatic carbocycles. The van der Waals surface area contributed by atoms with Crippen molar-refractivity contribution in [2.24, 2.45) is 0 Å². The molecule has 0 fully saturated rings. The van der Waals surface area contributed by atoms with Gasteiger partial charge in [-0.05, 0) is 40.3 Å². The Morgan fingerprint density at radius 2 is 1.32 bits per heavy atom. The predicted octanol–water partition coefficient (Wildman–Crippen LogP) is 9.91. The number of nitrogens with zero attached hydrogens (tertiary/aromatic N) is 3. The lowest BCUT2D eigenvalue weighted by Gasteiger charge is -2.23. The van der Waals surface area contributed by atoms with Crippen molar-refractivity contribution >= 4 is 54.1 Å². The minimum atomic E-state index is -0.186. The van der Waals surface area contributed by atoms with Crippen molar-refractivity contribution in [2.45, 2.75) is 19.3 Å². The Labute approximate surface area is 241 Å². The molecule has 3 heterocycles. The van der Waals surface area contributed by atoms with Crippen LogP contribution in [0.2, 0.25) is 0 Å². The van der Waals surface area contributed by atoms with Crippen molar-refractivity contribution in [2.75, 3.05) is 0 Å². The summed E-state index contributed by atoms with van der Waals surface area (Å²) in [6.45, 7) is 4.77. The average Bonchev–Trinajstić information content (AvgIpc) is 3.63. The third-order valence-corrected chi connectivity index (χ3v) is 9.97. The van der Waals surface area contributed by atoms with Crippen LogP contribution in [0.25, 0.3) is 70.4 Å². The van der Waals surface area contributed by atoms with Crippen molar-refractivity contribution in [3.8, 4) is 27.6 Å². The Morgan fingerprint density at radius 1 is 0.610 bits per heavy atom. The van der Waals surface area contributed by atoms with Crippen LogP contribution in [0.5, 0.6) is 0 Å². The van der Waals surface area contributed by atoms with Gasteiger partial charge in [-0.25, -0.2) is 9.97 Å². The molecule has 0 aliphatic heterocycles. The van der Waals surface area contributed by atoms with Crippen LogP contribution < -0.4 is 0 Å². The summed E-state index contributed by atoms with van der Waals surface area (Å²) in [5, 5.41) is 4.88. The third kappa shape index (κ3) is 3.03. The SMILES string of the molecule is CC1(C)c2c(sc3ccccc23)-c2ccc3c4ccccc4n(-c4nc(-c5ccccc5)c5ccccc5n4)c3c21. The van der Waals surface area contributed by atoms with Crippen LogP contribution in [0, 0.1) is 0 Å². The van der Waals surface area contributed by atoms with Gasteiger partial charge < -0.3 is 0 Å². The van der Waals surface area contributed by atoms with Crippen molar-refractivity contribution < 1.29 is 0 Å². The lowest BCUT2D eigenvalue weighted by atomic mass is 9.80. The summed E-state index contributed by atoms with van der Waals surface area (Å²) in [6, 6.07) is 41.0. The maximum Gasteiger partial charge on any atom is 0.235 e. The van der Waals surface area contributed by atoms with Crippen LogP contribution in [0.4, 0.5) is 0 Å². The maximum atomic E-state index is 5.33. The van der Waals surface area contributed by atoms with Gasteiger partial charge in [0.25, 0.3) is 0 Å². The number of para-hydroxylation sites is 2. The van der Waals surface area contributed by atoms with Crippen LogP contribution >= 0.6 is 11.3 Å². The van der Waals surface area contributed by atoms with E-state index in [1.807, 2.05) is 11.3 Å². The zero-order valence-corrected chi connectivity index (χ0v) is 23.5. The lowest BCUT2D eigenvalue weighted by molar-refractivity contribution is 0.670. The van der Waals surface area contributed by atoms with E-state index in [4.69, 9.17) is 9.97 Å². The van der Waals surface area contributed by atoms with Crippen LogP contribution in [0.1, 0.15) is 25.0 Å². The van der Waals surface area contributed by atoms with E-state index in [1.165, 1.54) is 47.9 Å². The van der Waals surface area contributed by atoms with E-state index in [0.717, 1.165) is 27.7 Å². The van der Waals surface area contributed by atoms with Crippen molar-refractivity contribution in [3.63, 3.8) is 0 Å². The molecular weight excluding hydrogens is 518 g/mol. The fourth-order valence-electron chi connectivity index (χ4n) is 7.05. The molecule has 0 saturated heterocycles. The summed E-state index contributed by atoms with van der Waals surface area (Å²) in [4.78, 5) is 11.9. The molecule has 1 aliphatic rings. The summed E-state index contributed by atoms with van der Waals surface area (Å²) in [5.41, 5.74) is 9.25. The zero-order valence-electron chi connectivity index (χ0n) is 22.7. The minimum absolute atomic E-state index is 0.186. The molecule has 0 spiro atoms. The van der Waals surface area contributed by atoms with E-state index >= 15 is 0 Å². The largest absolute Gasteiger partial charge is 0.278 e. The Balaban J connectivity index is 1.44. The monoisotopic (exact) mass is 543 g/mol. The van der Waals surface area contributed by atoms with E-state index < -0.39 is 0 Å². The molecule has 8 aromatic rings. The first-order chi connectivity index (χ1) is 20.1. The molecule has 41 heavy (non-hydrogen) atoms. The molecule has 0 unspecified atom stereocenters. The molecule has 0 N–H and O–H groups in total. The van der Waals surface area contributed by atoms with Gasteiger partial charge in [-0.1, -0.05) is 111 Å². The smallest absolute Gasteiger partial charge is 0.235 e. The first kappa shape index (κ1) is 23.0. The summed E-state index contributed by atoms with van der Waals surface area (Å²) in [7, 11) is 0. The van der Waals surface area contributed by atoms with Gasteiger partial charge in [0.05, 0.1) is 22.2 Å². The number of aromatic nitrogens is 3. The molecule has 0 saturated carbocycles. The van der Waals surface area contributed by atoms with Gasteiger partial charge in [0, 0.05) is 36.7 Å². The highest BCUT2D eigenvalue weighted by Gasteiger charge is 2.41. The van der Waals surface area contributed by atoms with E-state index in [0.29, 0.717) is 5.95 Å². The van der Waals surface area contributed by atoms with Crippen LogP contribution in [-0.4, -0.2) is 14.5 Å². The van der Waals surface area contributed by atoms with Gasteiger partial charge in [-0.2, -0.15) is 0 Å². The normalized spacial score (nSPS) is 13.8. The molecule has 1 aliphatic carbocycles. The molecule has 0 amide bonds. The first-order valence-electron chi connectivity index (χ1n) is 14.0. The number of hydrogen-bond acceptors (Lipinski definition) is 3. The fourth-order valence-corrected chi connectivity index (χ4v) is 8.44. The average molecular weight is 544 g/mol. The number of fused-ring (bicyclic) bond motifs is 10. The van der Waals surface area contributed by atoms with Crippen molar-refractivity contribution in [3.05, 3.63) is 126 Å². The highest BCUT2D eigenvalue weighted by Crippen LogP contribution is 2.57. The van der Waals surface area contributed by atoms with Gasteiger partial charge in [-0.3, -0.25) is 4.57 Å². The molecule has 3 aromatic heterocycles. The fraction of sp³-hybridized carbons (Fsp3) is 0.0811. The molecular formula is C37H25N3S. The highest BCUT2D eigenvalue weighted by atomic mass is 32.1. The second-order valence-electron chi connectivity index (χ2n) is 11.4. The van der Waals surface area contributed by atoms with Gasteiger partial charge in [0.15, 0.2) is 0 Å². The molecule has 0 radical (unpaired) electrons. The molecule has 0 bridgehead atoms. The number of rotatable bonds is 2. The van der Waals surface area contributed by atoms with Gasteiger partial charge in [0.2, 0.25) is 5.95 Å². The van der Waals surface area contributed by atoms with Crippen molar-refractivity contribution in [1.82, 2.24) is 14.5 Å². The van der Waals surface area contributed by atoms with E-state index in [9.17, 15) is 0 Å². The minimum Gasteiger partial charge on any atom is -0.278 e. The summed E-state index contributed by atoms with van der Waals surface area (Å²) in [6.07, 6.45) is 0. The van der Waals surface area contributed by atoms with E-state index in [1.54, 1.807) is 0 Å². The summed E-state index contributed by atoms with van der Waals surface area (Å²) in [5.74, 6) is 0.707. The second kappa shape index (κ2) is 8.12.